The minimum Gasteiger partial charge on any atom is -0.756 e. The van der Waals surface area contributed by atoms with Crippen LogP contribution in [0.15, 0.2) is 0 Å². The average Bonchev–Trinajstić information content (AvgIpc) is 2.96. The molecule has 264 valence electrons. The first kappa shape index (κ1) is 43.5. The van der Waals surface area contributed by atoms with Crippen molar-refractivity contribution in [2.45, 2.75) is 168 Å². The number of nitrogens with zero attached hydrogens (tertiary/aromatic N) is 1. The molecular weight excluding hydrogens is 577 g/mol. The van der Waals surface area contributed by atoms with Crippen molar-refractivity contribution < 1.29 is 37.3 Å². The van der Waals surface area contributed by atoms with Crippen LogP contribution in [0, 0.1) is 0 Å². The van der Waals surface area contributed by atoms with Crippen LogP contribution in [0.3, 0.4) is 0 Å². The second kappa shape index (κ2) is 29.9. The van der Waals surface area contributed by atoms with Crippen molar-refractivity contribution in [1.82, 2.24) is 0 Å². The lowest BCUT2D eigenvalue weighted by Gasteiger charge is -2.28. The normalized spacial score (nSPS) is 14.0. The smallest absolute Gasteiger partial charge is 0.306 e. The van der Waals surface area contributed by atoms with Crippen molar-refractivity contribution in [3.8, 4) is 0 Å². The summed E-state index contributed by atoms with van der Waals surface area (Å²) in [5, 5.41) is 0. The summed E-state index contributed by atoms with van der Waals surface area (Å²) in [6.45, 7) is 5.19. The highest BCUT2D eigenvalue weighted by Crippen LogP contribution is 2.38. The fourth-order valence-electron chi connectivity index (χ4n) is 4.99. The maximum Gasteiger partial charge on any atom is 0.306 e. The lowest BCUT2D eigenvalue weighted by molar-refractivity contribution is -0.870. The molecule has 0 saturated heterocycles. The summed E-state index contributed by atoms with van der Waals surface area (Å²) in [6, 6.07) is 0. The predicted molar refractivity (Wildman–Crippen MR) is 181 cm³/mol. The Kier molecular flexibility index (Phi) is 29.5. The highest BCUT2D eigenvalue weighted by Gasteiger charge is 2.20. The molecule has 8 nitrogen and oxygen atoms in total. The van der Waals surface area contributed by atoms with Gasteiger partial charge in [-0.25, -0.2) is 0 Å². The zero-order valence-electron chi connectivity index (χ0n) is 29.6. The average molecular weight is 650 g/mol. The van der Waals surface area contributed by atoms with Gasteiger partial charge in [-0.05, 0) is 12.8 Å². The number of carbonyl (C=O) groups is 1. The van der Waals surface area contributed by atoms with E-state index in [9.17, 15) is 14.3 Å². The molecule has 0 N–H and O–H groups in total. The second-order valence-corrected chi connectivity index (χ2v) is 15.0. The van der Waals surface area contributed by atoms with Gasteiger partial charge in [-0.15, -0.1) is 0 Å². The molecule has 0 saturated carbocycles. The molecule has 0 rings (SSSR count). The first-order valence-corrected chi connectivity index (χ1v) is 19.7. The Morgan fingerprint density at radius 3 is 1.48 bits per heavy atom. The van der Waals surface area contributed by atoms with Gasteiger partial charge in [0.05, 0.1) is 34.4 Å². The van der Waals surface area contributed by atoms with E-state index in [0.29, 0.717) is 24.1 Å². The van der Waals surface area contributed by atoms with E-state index in [2.05, 4.69) is 6.92 Å². The maximum absolute atomic E-state index is 12.1. The van der Waals surface area contributed by atoms with Crippen LogP contribution >= 0.6 is 7.82 Å². The molecule has 0 amide bonds. The van der Waals surface area contributed by atoms with Crippen LogP contribution in [0.2, 0.25) is 0 Å². The topological polar surface area (TPSA) is 94.1 Å². The molecule has 0 spiro atoms. The van der Waals surface area contributed by atoms with Gasteiger partial charge in [0, 0.05) is 13.0 Å². The number of ether oxygens (including phenoxy) is 2. The zero-order valence-corrected chi connectivity index (χ0v) is 30.5. The van der Waals surface area contributed by atoms with Crippen molar-refractivity contribution in [3.63, 3.8) is 0 Å². The third kappa shape index (κ3) is 32.9. The van der Waals surface area contributed by atoms with E-state index in [4.69, 9.17) is 18.5 Å². The van der Waals surface area contributed by atoms with Gasteiger partial charge >= 0.3 is 5.97 Å². The molecule has 9 heteroatoms. The number of rotatable bonds is 34. The van der Waals surface area contributed by atoms with Crippen molar-refractivity contribution >= 4 is 13.8 Å². The van der Waals surface area contributed by atoms with Gasteiger partial charge in [0.1, 0.15) is 19.3 Å². The summed E-state index contributed by atoms with van der Waals surface area (Å²) in [5.41, 5.74) is 0. The summed E-state index contributed by atoms with van der Waals surface area (Å²) in [6.07, 6.45) is 28.0. The van der Waals surface area contributed by atoms with Gasteiger partial charge in [0.25, 0.3) is 7.82 Å². The number of phosphoric ester groups is 1. The largest absolute Gasteiger partial charge is 0.756 e. The van der Waals surface area contributed by atoms with Crippen molar-refractivity contribution in [2.24, 2.45) is 0 Å². The van der Waals surface area contributed by atoms with E-state index in [-0.39, 0.29) is 25.8 Å². The molecule has 0 radical (unpaired) electrons. The number of quaternary nitrogens is 1. The van der Waals surface area contributed by atoms with E-state index in [0.717, 1.165) is 25.7 Å². The summed E-state index contributed by atoms with van der Waals surface area (Å²) < 4.78 is 33.9. The van der Waals surface area contributed by atoms with Crippen LogP contribution in [-0.4, -0.2) is 70.7 Å². The van der Waals surface area contributed by atoms with Crippen LogP contribution in [0.4, 0.5) is 0 Å². The van der Waals surface area contributed by atoms with Crippen LogP contribution in [0.1, 0.15) is 162 Å². The van der Waals surface area contributed by atoms with E-state index < -0.39 is 13.9 Å². The molecule has 0 bridgehead atoms. The molecule has 0 aromatic carbocycles. The highest BCUT2D eigenvalue weighted by molar-refractivity contribution is 7.45. The first-order chi connectivity index (χ1) is 21.1. The number of phosphoric acid groups is 1. The zero-order chi connectivity index (χ0) is 32.8. The van der Waals surface area contributed by atoms with Gasteiger partial charge < -0.3 is 27.9 Å². The molecular formula is C35H72NO7P. The lowest BCUT2D eigenvalue weighted by Crippen LogP contribution is -2.37. The minimum atomic E-state index is -4.49. The summed E-state index contributed by atoms with van der Waals surface area (Å²) in [7, 11) is 1.36. The second-order valence-electron chi connectivity index (χ2n) is 13.6. The Balaban J connectivity index is 3.82. The molecule has 0 heterocycles. The van der Waals surface area contributed by atoms with Crippen molar-refractivity contribution in [2.75, 3.05) is 54.1 Å². The molecule has 0 aromatic rings. The molecule has 2 unspecified atom stereocenters. The molecule has 44 heavy (non-hydrogen) atoms. The van der Waals surface area contributed by atoms with Crippen LogP contribution in [-0.2, 0) is 27.9 Å². The number of esters is 1. The Bertz CT molecular complexity index is 686. The van der Waals surface area contributed by atoms with Gasteiger partial charge in [-0.1, -0.05) is 142 Å². The molecule has 0 aliphatic rings. The quantitative estimate of drug-likeness (QED) is 0.0297. The predicted octanol–water partition coefficient (Wildman–Crippen LogP) is 9.13. The van der Waals surface area contributed by atoms with Gasteiger partial charge in [0.15, 0.2) is 0 Å². The lowest BCUT2D eigenvalue weighted by atomic mass is 10.0. The fourth-order valence-corrected chi connectivity index (χ4v) is 5.72. The number of likely N-dealkylation sites (N-methyl/N-ethyl adjacent to an activating group) is 1. The number of hydrogen-bond acceptors (Lipinski definition) is 7. The Morgan fingerprint density at radius 2 is 1.05 bits per heavy atom. The third-order valence-corrected chi connectivity index (χ3v) is 8.87. The Labute approximate surface area is 272 Å². The van der Waals surface area contributed by atoms with E-state index in [1.165, 1.54) is 116 Å². The molecule has 0 aromatic heterocycles. The number of carbonyl (C=O) groups excluding carboxylic acids is 1. The third-order valence-electron chi connectivity index (χ3n) is 7.91. The summed E-state index contributed by atoms with van der Waals surface area (Å²) in [4.78, 5) is 24.3. The number of unbranched alkanes of at least 4 members (excludes halogenated alkanes) is 20. The Morgan fingerprint density at radius 1 is 0.614 bits per heavy atom. The van der Waals surface area contributed by atoms with Gasteiger partial charge in [-0.2, -0.15) is 0 Å². The molecule has 0 aliphatic carbocycles. The van der Waals surface area contributed by atoms with Crippen LogP contribution in [0.25, 0.3) is 0 Å². The van der Waals surface area contributed by atoms with E-state index >= 15 is 0 Å². The van der Waals surface area contributed by atoms with E-state index in [1.54, 1.807) is 0 Å². The van der Waals surface area contributed by atoms with Crippen molar-refractivity contribution in [3.05, 3.63) is 0 Å². The molecule has 2 atom stereocenters. The number of hydrogen-bond donors (Lipinski definition) is 0. The molecule has 0 aliphatic heterocycles. The highest BCUT2D eigenvalue weighted by atomic mass is 31.2. The minimum absolute atomic E-state index is 0.0289. The van der Waals surface area contributed by atoms with Crippen LogP contribution in [0.5, 0.6) is 0 Å². The van der Waals surface area contributed by atoms with Gasteiger partial charge in [-0.3, -0.25) is 9.36 Å². The van der Waals surface area contributed by atoms with Gasteiger partial charge in [0.2, 0.25) is 0 Å². The summed E-state index contributed by atoms with van der Waals surface area (Å²) in [5.74, 6) is -0.366. The van der Waals surface area contributed by atoms with Crippen molar-refractivity contribution in [1.29, 1.82) is 0 Å². The fraction of sp³-hybridized carbons (Fsp3) is 0.971. The van der Waals surface area contributed by atoms with E-state index in [1.807, 2.05) is 28.1 Å². The van der Waals surface area contributed by atoms with Crippen LogP contribution < -0.4 is 4.89 Å². The molecule has 0 fully saturated rings. The monoisotopic (exact) mass is 650 g/mol. The summed E-state index contributed by atoms with van der Waals surface area (Å²) >= 11 is 0. The maximum atomic E-state index is 12.1. The Hall–Kier alpha value is -0.500. The standard InChI is InChI=1S/C35H72NO7P/c1-6-8-10-11-12-13-14-15-16-17-18-19-20-21-22-23-24-25-26-27-30-40-32-34(43-35(37)28-9-7-2)33-42-44(38,39)41-31-29-36(3,4)5/h34H,6-33H2,1-5H3. The SMILES string of the molecule is CCCCCCCCCCCCCCCCCCCCCCOCC(COP(=O)([O-])OCC[N+](C)(C)C)OC(=O)CCCC. The first-order valence-electron chi connectivity index (χ1n) is 18.3.